The third kappa shape index (κ3) is 4.02. The van der Waals surface area contributed by atoms with Crippen molar-refractivity contribution in [1.29, 1.82) is 0 Å². The molecule has 1 aliphatic rings. The van der Waals surface area contributed by atoms with Gasteiger partial charge >= 0.3 is 0 Å². The molecule has 2 unspecified atom stereocenters. The van der Waals surface area contributed by atoms with Crippen LogP contribution in [0.25, 0.3) is 0 Å². The monoisotopic (exact) mass is 174 g/mol. The van der Waals surface area contributed by atoms with E-state index >= 15 is 0 Å². The zero-order valence-corrected chi connectivity index (χ0v) is 8.23. The van der Waals surface area contributed by atoms with Gasteiger partial charge in [0.05, 0.1) is 6.10 Å². The first-order valence-corrected chi connectivity index (χ1v) is 5.54. The van der Waals surface area contributed by atoms with Crippen LogP contribution in [-0.2, 0) is 0 Å². The van der Waals surface area contributed by atoms with Gasteiger partial charge in [0.2, 0.25) is 0 Å². The van der Waals surface area contributed by atoms with Gasteiger partial charge in [0.15, 0.2) is 0 Å². The maximum absolute atomic E-state index is 9.18. The molecule has 1 N–H and O–H groups in total. The number of aliphatic hydroxyl groups is 1. The van der Waals surface area contributed by atoms with Crippen LogP contribution in [0.1, 0.15) is 33.1 Å². The summed E-state index contributed by atoms with van der Waals surface area (Å²) in [6.45, 7) is 3.97. The normalized spacial score (nSPS) is 23.2. The van der Waals surface area contributed by atoms with Gasteiger partial charge < -0.3 is 5.11 Å². The van der Waals surface area contributed by atoms with Crippen molar-refractivity contribution in [2.24, 2.45) is 5.92 Å². The topological polar surface area (TPSA) is 20.2 Å². The van der Waals surface area contributed by atoms with Crippen LogP contribution in [0.3, 0.4) is 0 Å². The lowest BCUT2D eigenvalue weighted by molar-refractivity contribution is 0.196. The molecule has 0 spiro atoms. The van der Waals surface area contributed by atoms with Crippen LogP contribution < -0.4 is 0 Å². The summed E-state index contributed by atoms with van der Waals surface area (Å²) in [7, 11) is 0. The zero-order chi connectivity index (χ0) is 8.27. The Balaban J connectivity index is 1.92. The van der Waals surface area contributed by atoms with Crippen molar-refractivity contribution in [2.75, 3.05) is 5.75 Å². The molecule has 1 nitrogen and oxygen atoms in total. The second kappa shape index (κ2) is 4.36. The summed E-state index contributed by atoms with van der Waals surface area (Å²) in [5, 5.41) is 9.59. The number of aliphatic hydroxyl groups excluding tert-OH is 1. The quantitative estimate of drug-likeness (QED) is 0.690. The molecule has 0 aromatic rings. The maximum atomic E-state index is 9.18. The van der Waals surface area contributed by atoms with Crippen molar-refractivity contribution < 1.29 is 5.11 Å². The molecule has 0 heterocycles. The van der Waals surface area contributed by atoms with Crippen LogP contribution in [0.15, 0.2) is 0 Å². The lowest BCUT2D eigenvalue weighted by Gasteiger charge is -2.13. The number of rotatable bonds is 5. The van der Waals surface area contributed by atoms with Crippen LogP contribution in [0.5, 0.6) is 0 Å². The highest BCUT2D eigenvalue weighted by atomic mass is 32.2. The van der Waals surface area contributed by atoms with Gasteiger partial charge in [-0.1, -0.05) is 19.8 Å². The lowest BCUT2D eigenvalue weighted by Crippen LogP contribution is -2.15. The molecule has 0 amide bonds. The van der Waals surface area contributed by atoms with E-state index < -0.39 is 0 Å². The van der Waals surface area contributed by atoms with Crippen molar-refractivity contribution >= 4 is 11.8 Å². The molecule has 0 aromatic carbocycles. The Morgan fingerprint density at radius 3 is 2.55 bits per heavy atom. The third-order valence-corrected chi connectivity index (χ3v) is 3.67. The molecule has 66 valence electrons. The summed E-state index contributed by atoms with van der Waals surface area (Å²) in [4.78, 5) is 0. The smallest absolute Gasteiger partial charge is 0.0627 e. The fraction of sp³-hybridized carbons (Fsp3) is 1.00. The van der Waals surface area contributed by atoms with Gasteiger partial charge in [-0.2, -0.15) is 11.8 Å². The highest BCUT2D eigenvalue weighted by Crippen LogP contribution is 2.34. The number of hydrogen-bond acceptors (Lipinski definition) is 2. The molecule has 0 radical (unpaired) electrons. The Morgan fingerprint density at radius 2 is 2.09 bits per heavy atom. The first-order valence-electron chi connectivity index (χ1n) is 4.50. The summed E-state index contributed by atoms with van der Waals surface area (Å²) < 4.78 is 0. The number of thioether (sulfide) groups is 1. The van der Waals surface area contributed by atoms with Gasteiger partial charge in [-0.05, 0) is 25.0 Å². The van der Waals surface area contributed by atoms with E-state index in [9.17, 15) is 5.11 Å². The summed E-state index contributed by atoms with van der Waals surface area (Å²) in [6.07, 6.45) is 4.11. The van der Waals surface area contributed by atoms with Gasteiger partial charge in [-0.3, -0.25) is 0 Å². The van der Waals surface area contributed by atoms with Crippen molar-refractivity contribution in [1.82, 2.24) is 0 Å². The highest BCUT2D eigenvalue weighted by Gasteiger charge is 2.21. The molecule has 11 heavy (non-hydrogen) atoms. The summed E-state index contributed by atoms with van der Waals surface area (Å²) in [5.74, 6) is 2.26. The fourth-order valence-corrected chi connectivity index (χ4v) is 2.09. The highest BCUT2D eigenvalue weighted by molar-refractivity contribution is 7.99. The maximum Gasteiger partial charge on any atom is 0.0627 e. The van der Waals surface area contributed by atoms with Crippen molar-refractivity contribution in [3.8, 4) is 0 Å². The zero-order valence-electron chi connectivity index (χ0n) is 7.42. The van der Waals surface area contributed by atoms with Gasteiger partial charge in [-0.15, -0.1) is 0 Å². The molecular weight excluding hydrogens is 156 g/mol. The molecule has 0 bridgehead atoms. The number of hydrogen-bond donors (Lipinski definition) is 1. The fourth-order valence-electron chi connectivity index (χ4n) is 0.966. The molecule has 2 atom stereocenters. The van der Waals surface area contributed by atoms with Gasteiger partial charge in [-0.25, -0.2) is 0 Å². The molecule has 0 aliphatic heterocycles. The van der Waals surface area contributed by atoms with E-state index in [1.807, 2.05) is 18.7 Å². The van der Waals surface area contributed by atoms with E-state index in [0.717, 1.165) is 5.92 Å². The Kier molecular flexibility index (Phi) is 3.73. The predicted octanol–water partition coefficient (Wildman–Crippen LogP) is 2.29. The minimum absolute atomic E-state index is 0.154. The molecule has 1 rings (SSSR count). The van der Waals surface area contributed by atoms with E-state index in [0.29, 0.717) is 5.25 Å². The minimum Gasteiger partial charge on any atom is -0.392 e. The van der Waals surface area contributed by atoms with Crippen molar-refractivity contribution in [2.45, 2.75) is 44.5 Å². The van der Waals surface area contributed by atoms with E-state index in [2.05, 4.69) is 6.92 Å². The van der Waals surface area contributed by atoms with Crippen LogP contribution in [0.4, 0.5) is 0 Å². The first-order chi connectivity index (χ1) is 5.20. The average Bonchev–Trinajstić information content (AvgIpc) is 2.71. The van der Waals surface area contributed by atoms with Crippen LogP contribution >= 0.6 is 11.8 Å². The van der Waals surface area contributed by atoms with Gasteiger partial charge in [0, 0.05) is 5.25 Å². The molecule has 0 aromatic heterocycles. The molecule has 1 aliphatic carbocycles. The molecule has 0 saturated heterocycles. The van der Waals surface area contributed by atoms with Crippen molar-refractivity contribution in [3.63, 3.8) is 0 Å². The summed E-state index contributed by atoms with van der Waals surface area (Å²) in [6, 6.07) is 0. The van der Waals surface area contributed by atoms with E-state index in [1.165, 1.54) is 25.0 Å². The Morgan fingerprint density at radius 1 is 1.45 bits per heavy atom. The average molecular weight is 174 g/mol. The Labute approximate surface area is 73.6 Å². The Hall–Kier alpha value is 0.310. The van der Waals surface area contributed by atoms with E-state index in [-0.39, 0.29) is 6.10 Å². The Bertz CT molecular complexity index is 110. The molecule has 2 heteroatoms. The SMILES string of the molecule is CC(O)C(C)SCCC1CC1. The lowest BCUT2D eigenvalue weighted by atomic mass is 10.3. The molecular formula is C9H18OS. The van der Waals surface area contributed by atoms with Crippen LogP contribution in [0.2, 0.25) is 0 Å². The minimum atomic E-state index is -0.154. The first kappa shape index (κ1) is 9.40. The van der Waals surface area contributed by atoms with Crippen LogP contribution in [0, 0.1) is 5.92 Å². The third-order valence-electron chi connectivity index (χ3n) is 2.28. The van der Waals surface area contributed by atoms with Gasteiger partial charge in [0.25, 0.3) is 0 Å². The second-order valence-electron chi connectivity index (χ2n) is 3.55. The standard InChI is InChI=1S/C9H18OS/c1-7(10)8(2)11-6-5-9-3-4-9/h7-10H,3-6H2,1-2H3. The largest absolute Gasteiger partial charge is 0.392 e. The second-order valence-corrected chi connectivity index (χ2v) is 5.03. The van der Waals surface area contributed by atoms with E-state index in [4.69, 9.17) is 0 Å². The van der Waals surface area contributed by atoms with E-state index in [1.54, 1.807) is 0 Å². The van der Waals surface area contributed by atoms with Crippen molar-refractivity contribution in [3.05, 3.63) is 0 Å². The summed E-state index contributed by atoms with van der Waals surface area (Å²) >= 11 is 1.90. The molecule has 1 fully saturated rings. The molecule has 1 saturated carbocycles. The van der Waals surface area contributed by atoms with Crippen LogP contribution in [-0.4, -0.2) is 22.2 Å². The predicted molar refractivity (Wildman–Crippen MR) is 50.9 cm³/mol. The summed E-state index contributed by atoms with van der Waals surface area (Å²) in [5.41, 5.74) is 0. The van der Waals surface area contributed by atoms with Gasteiger partial charge in [0.1, 0.15) is 0 Å².